The van der Waals surface area contributed by atoms with Crippen molar-refractivity contribution in [3.05, 3.63) is 54.1 Å². The van der Waals surface area contributed by atoms with E-state index in [0.717, 1.165) is 12.8 Å². The molecule has 0 saturated carbocycles. The van der Waals surface area contributed by atoms with Gasteiger partial charge in [0.25, 0.3) is 5.91 Å². The number of anilines is 1. The molecule has 10 heteroatoms. The average molecular weight is 502 g/mol. The molecule has 0 radical (unpaired) electrons. The van der Waals surface area contributed by atoms with Gasteiger partial charge in [-0.15, -0.1) is 0 Å². The van der Waals surface area contributed by atoms with Crippen LogP contribution >= 0.6 is 0 Å². The summed E-state index contributed by atoms with van der Waals surface area (Å²) in [6, 6.07) is 13.0. The number of amides is 2. The van der Waals surface area contributed by atoms with Crippen LogP contribution < -0.4 is 15.4 Å². The summed E-state index contributed by atoms with van der Waals surface area (Å²) in [5.74, 6) is -0.555. The number of nitrogens with zero attached hydrogens (tertiary/aromatic N) is 1. The number of hydrogen-bond donors (Lipinski definition) is 2. The molecule has 0 aromatic heterocycles. The highest BCUT2D eigenvalue weighted by atomic mass is 32.2. The Bertz CT molecular complexity index is 1150. The Labute approximate surface area is 205 Å². The highest BCUT2D eigenvalue weighted by Gasteiger charge is 2.33. The normalized spacial score (nSPS) is 20.8. The minimum absolute atomic E-state index is 0.0153. The van der Waals surface area contributed by atoms with E-state index in [0.29, 0.717) is 49.5 Å². The molecule has 4 rings (SSSR count). The zero-order chi connectivity index (χ0) is 24.8. The molecule has 2 atom stereocenters. The van der Waals surface area contributed by atoms with Gasteiger partial charge in [0.1, 0.15) is 5.75 Å². The number of nitrogens with one attached hydrogen (secondary N) is 2. The lowest BCUT2D eigenvalue weighted by atomic mass is 9.98. The summed E-state index contributed by atoms with van der Waals surface area (Å²) in [7, 11) is -2.22. The summed E-state index contributed by atoms with van der Waals surface area (Å²) in [5.41, 5.74) is 0.759. The predicted octanol–water partition coefficient (Wildman–Crippen LogP) is 2.64. The second-order valence-corrected chi connectivity index (χ2v) is 10.7. The predicted molar refractivity (Wildman–Crippen MR) is 131 cm³/mol. The third-order valence-corrected chi connectivity index (χ3v) is 8.28. The lowest BCUT2D eigenvalue weighted by Crippen LogP contribution is -2.43. The number of rotatable bonds is 8. The van der Waals surface area contributed by atoms with Crippen LogP contribution in [0.2, 0.25) is 0 Å². The molecule has 9 nitrogen and oxygen atoms in total. The van der Waals surface area contributed by atoms with E-state index in [4.69, 9.17) is 9.47 Å². The molecule has 0 spiro atoms. The Hall–Kier alpha value is -2.95. The summed E-state index contributed by atoms with van der Waals surface area (Å²) in [5, 5.41) is 5.72. The van der Waals surface area contributed by atoms with Gasteiger partial charge < -0.3 is 20.1 Å². The van der Waals surface area contributed by atoms with Crippen molar-refractivity contribution < 1.29 is 27.5 Å². The molecule has 2 aliphatic rings. The van der Waals surface area contributed by atoms with Crippen LogP contribution in [-0.4, -0.2) is 64.0 Å². The summed E-state index contributed by atoms with van der Waals surface area (Å²) >= 11 is 0. The molecule has 2 aromatic carbocycles. The number of piperidine rings is 1. The smallest absolute Gasteiger partial charge is 0.253 e. The largest absolute Gasteiger partial charge is 0.497 e. The summed E-state index contributed by atoms with van der Waals surface area (Å²) in [4.78, 5) is 26.0. The van der Waals surface area contributed by atoms with Crippen molar-refractivity contribution in [1.82, 2.24) is 9.62 Å². The maximum Gasteiger partial charge on any atom is 0.253 e. The average Bonchev–Trinajstić information content (AvgIpc) is 3.41. The van der Waals surface area contributed by atoms with Crippen LogP contribution in [0.15, 0.2) is 53.4 Å². The molecule has 2 amide bonds. The van der Waals surface area contributed by atoms with Crippen LogP contribution in [0.3, 0.4) is 0 Å². The van der Waals surface area contributed by atoms with Crippen LogP contribution in [-0.2, 0) is 19.6 Å². The summed E-state index contributed by atoms with van der Waals surface area (Å²) in [6.45, 7) is 1.55. The first kappa shape index (κ1) is 25.2. The van der Waals surface area contributed by atoms with E-state index >= 15 is 0 Å². The van der Waals surface area contributed by atoms with Crippen LogP contribution in [0.1, 0.15) is 36.0 Å². The van der Waals surface area contributed by atoms with Gasteiger partial charge in [-0.05, 0) is 62.1 Å². The van der Waals surface area contributed by atoms with Gasteiger partial charge in [0.05, 0.1) is 35.3 Å². The van der Waals surface area contributed by atoms with Crippen molar-refractivity contribution >= 4 is 27.5 Å². The van der Waals surface area contributed by atoms with Crippen molar-refractivity contribution in [2.24, 2.45) is 5.92 Å². The van der Waals surface area contributed by atoms with E-state index in [1.807, 2.05) is 0 Å². The lowest BCUT2D eigenvalue weighted by molar-refractivity contribution is -0.120. The first-order chi connectivity index (χ1) is 16.9. The standard InChI is InChI=1S/C25H31N3O6S/c1-33-19-10-12-21(13-11-19)35(31,32)28-14-4-6-18(17-28)24(29)27-23-9-3-2-8-22(23)25(30)26-16-20-7-5-15-34-20/h2-3,8-13,18,20H,4-7,14-17H2,1H3,(H,26,30)(H,27,29)/t18-,20-/m0/s1. The van der Waals surface area contributed by atoms with Crippen LogP contribution in [0.5, 0.6) is 5.75 Å². The second-order valence-electron chi connectivity index (χ2n) is 8.76. The Kier molecular flexibility index (Phi) is 8.04. The molecule has 0 unspecified atom stereocenters. The molecular formula is C25H31N3O6S. The topological polar surface area (TPSA) is 114 Å². The molecule has 0 aliphatic carbocycles. The van der Waals surface area contributed by atoms with Gasteiger partial charge in [-0.1, -0.05) is 12.1 Å². The van der Waals surface area contributed by atoms with E-state index < -0.39 is 15.9 Å². The van der Waals surface area contributed by atoms with E-state index in [9.17, 15) is 18.0 Å². The molecule has 0 bridgehead atoms. The van der Waals surface area contributed by atoms with Gasteiger partial charge >= 0.3 is 0 Å². The highest BCUT2D eigenvalue weighted by Crippen LogP contribution is 2.26. The number of ether oxygens (including phenoxy) is 2. The molecule has 35 heavy (non-hydrogen) atoms. The number of carbonyl (C=O) groups is 2. The lowest BCUT2D eigenvalue weighted by Gasteiger charge is -2.31. The fourth-order valence-electron chi connectivity index (χ4n) is 4.40. The highest BCUT2D eigenvalue weighted by molar-refractivity contribution is 7.89. The van der Waals surface area contributed by atoms with Crippen LogP contribution in [0.4, 0.5) is 5.69 Å². The van der Waals surface area contributed by atoms with Crippen LogP contribution in [0, 0.1) is 5.92 Å². The molecule has 2 N–H and O–H groups in total. The van der Waals surface area contributed by atoms with Crippen molar-refractivity contribution in [1.29, 1.82) is 0 Å². The maximum absolute atomic E-state index is 13.1. The SMILES string of the molecule is COc1ccc(S(=O)(=O)N2CCC[C@H](C(=O)Nc3ccccc3C(=O)NC[C@@H]3CCCO3)C2)cc1. The number of carbonyl (C=O) groups excluding carboxylic acids is 2. The van der Waals surface area contributed by atoms with Gasteiger partial charge in [-0.25, -0.2) is 8.42 Å². The van der Waals surface area contributed by atoms with Crippen molar-refractivity contribution in [2.75, 3.05) is 38.7 Å². The van der Waals surface area contributed by atoms with Gasteiger partial charge in [0.15, 0.2) is 0 Å². The van der Waals surface area contributed by atoms with Crippen molar-refractivity contribution in [3.8, 4) is 5.75 Å². The third kappa shape index (κ3) is 6.01. The molecule has 2 aliphatic heterocycles. The first-order valence-electron chi connectivity index (χ1n) is 11.8. The van der Waals surface area contributed by atoms with Gasteiger partial charge in [-0.2, -0.15) is 4.31 Å². The van der Waals surface area contributed by atoms with Gasteiger partial charge in [0.2, 0.25) is 15.9 Å². The molecular weight excluding hydrogens is 470 g/mol. The molecule has 2 heterocycles. The maximum atomic E-state index is 13.1. The van der Waals surface area contributed by atoms with E-state index in [1.165, 1.54) is 23.5 Å². The fraction of sp³-hybridized carbons (Fsp3) is 0.440. The second kappa shape index (κ2) is 11.2. The zero-order valence-electron chi connectivity index (χ0n) is 19.7. The number of benzene rings is 2. The summed E-state index contributed by atoms with van der Waals surface area (Å²) < 4.78 is 38.3. The van der Waals surface area contributed by atoms with Gasteiger partial charge in [-0.3, -0.25) is 9.59 Å². The summed E-state index contributed by atoms with van der Waals surface area (Å²) in [6.07, 6.45) is 3.04. The van der Waals surface area contributed by atoms with Crippen LogP contribution in [0.25, 0.3) is 0 Å². The minimum atomic E-state index is -3.74. The van der Waals surface area contributed by atoms with Crippen molar-refractivity contribution in [3.63, 3.8) is 0 Å². The van der Waals surface area contributed by atoms with Gasteiger partial charge in [0, 0.05) is 26.2 Å². The Morgan fingerprint density at radius 1 is 1.09 bits per heavy atom. The van der Waals surface area contributed by atoms with E-state index in [1.54, 1.807) is 36.4 Å². The van der Waals surface area contributed by atoms with Crippen molar-refractivity contribution in [2.45, 2.75) is 36.7 Å². The fourth-order valence-corrected chi connectivity index (χ4v) is 5.93. The minimum Gasteiger partial charge on any atom is -0.497 e. The Balaban J connectivity index is 1.41. The Morgan fingerprint density at radius 2 is 1.86 bits per heavy atom. The first-order valence-corrected chi connectivity index (χ1v) is 13.3. The third-order valence-electron chi connectivity index (χ3n) is 6.40. The molecule has 2 fully saturated rings. The number of methoxy groups -OCH3 is 1. The number of para-hydroxylation sites is 1. The zero-order valence-corrected chi connectivity index (χ0v) is 20.6. The molecule has 2 saturated heterocycles. The quantitative estimate of drug-likeness (QED) is 0.575. The number of sulfonamides is 1. The van der Waals surface area contributed by atoms with E-state index in [-0.39, 0.29) is 29.4 Å². The Morgan fingerprint density at radius 3 is 2.57 bits per heavy atom. The molecule has 2 aromatic rings. The number of hydrogen-bond acceptors (Lipinski definition) is 6. The molecule has 188 valence electrons. The monoisotopic (exact) mass is 501 g/mol. The van der Waals surface area contributed by atoms with E-state index in [2.05, 4.69) is 10.6 Å².